The Hall–Kier alpha value is -1.52. The van der Waals surface area contributed by atoms with Gasteiger partial charge in [-0.15, -0.1) is 11.8 Å². The number of rotatable bonds is 4. The highest BCUT2D eigenvalue weighted by molar-refractivity contribution is 9.08. The molecule has 106 valence electrons. The van der Waals surface area contributed by atoms with Crippen LogP contribution >= 0.6 is 27.7 Å². The van der Waals surface area contributed by atoms with E-state index in [4.69, 9.17) is 4.74 Å². The molecule has 3 aromatic rings. The Labute approximate surface area is 136 Å². The van der Waals surface area contributed by atoms with Crippen LogP contribution in [0.3, 0.4) is 0 Å². The van der Waals surface area contributed by atoms with E-state index >= 15 is 0 Å². The van der Waals surface area contributed by atoms with Gasteiger partial charge in [-0.25, -0.2) is 4.98 Å². The summed E-state index contributed by atoms with van der Waals surface area (Å²) >= 11 is 5.22. The molecule has 0 aliphatic rings. The van der Waals surface area contributed by atoms with Crippen molar-refractivity contribution in [1.82, 2.24) is 4.98 Å². The summed E-state index contributed by atoms with van der Waals surface area (Å²) in [6, 6.07) is 18.2. The van der Waals surface area contributed by atoms with Crippen LogP contribution in [-0.4, -0.2) is 11.2 Å². The van der Waals surface area contributed by atoms with Crippen LogP contribution in [0.4, 0.5) is 0 Å². The first kappa shape index (κ1) is 14.4. The lowest BCUT2D eigenvalue weighted by Gasteiger charge is -2.10. The van der Waals surface area contributed by atoms with Crippen molar-refractivity contribution >= 4 is 38.6 Å². The van der Waals surface area contributed by atoms with Gasteiger partial charge >= 0.3 is 0 Å². The van der Waals surface area contributed by atoms with Crippen molar-refractivity contribution in [2.24, 2.45) is 0 Å². The van der Waals surface area contributed by atoms with E-state index in [0.29, 0.717) is 11.2 Å². The molecule has 1 aromatic heterocycles. The molecule has 4 heteroatoms. The summed E-state index contributed by atoms with van der Waals surface area (Å²) in [7, 11) is 0. The number of halogens is 1. The third-order valence-corrected chi connectivity index (χ3v) is 4.53. The van der Waals surface area contributed by atoms with Gasteiger partial charge in [0.05, 0.1) is 5.52 Å². The zero-order chi connectivity index (χ0) is 14.7. The zero-order valence-electron chi connectivity index (χ0n) is 11.5. The first-order valence-electron chi connectivity index (χ1n) is 6.56. The fourth-order valence-corrected chi connectivity index (χ4v) is 2.89. The lowest BCUT2D eigenvalue weighted by molar-refractivity contribution is 0.460. The molecule has 0 saturated heterocycles. The number of hydrogen-bond acceptors (Lipinski definition) is 3. The lowest BCUT2D eigenvalue weighted by Crippen LogP contribution is -1.94. The van der Waals surface area contributed by atoms with Gasteiger partial charge in [0, 0.05) is 21.2 Å². The Morgan fingerprint density at radius 3 is 2.57 bits per heavy atom. The molecule has 2 aromatic carbocycles. The molecule has 0 amide bonds. The highest BCUT2D eigenvalue weighted by atomic mass is 79.9. The molecule has 0 spiro atoms. The van der Waals surface area contributed by atoms with E-state index < -0.39 is 0 Å². The predicted molar refractivity (Wildman–Crippen MR) is 92.7 cm³/mol. The second-order valence-electron chi connectivity index (χ2n) is 4.56. The Morgan fingerprint density at radius 2 is 1.86 bits per heavy atom. The van der Waals surface area contributed by atoms with E-state index in [2.05, 4.69) is 51.4 Å². The molecular weight excluding hydrogens is 346 g/mol. The fraction of sp³-hybridized carbons (Fsp3) is 0.118. The molecule has 0 aliphatic heterocycles. The summed E-state index contributed by atoms with van der Waals surface area (Å²) in [4.78, 5) is 5.84. The van der Waals surface area contributed by atoms with E-state index in [0.717, 1.165) is 22.2 Å². The van der Waals surface area contributed by atoms with Crippen molar-refractivity contribution in [2.45, 2.75) is 10.2 Å². The van der Waals surface area contributed by atoms with Crippen LogP contribution in [0.2, 0.25) is 0 Å². The molecule has 0 radical (unpaired) electrons. The summed E-state index contributed by atoms with van der Waals surface area (Å²) in [5.41, 5.74) is 1.99. The summed E-state index contributed by atoms with van der Waals surface area (Å²) < 4.78 is 5.96. The molecule has 1 heterocycles. The molecular formula is C17H14BrNOS. The van der Waals surface area contributed by atoms with Gasteiger partial charge in [-0.05, 0) is 42.7 Å². The van der Waals surface area contributed by atoms with E-state index in [-0.39, 0.29) is 0 Å². The molecule has 3 rings (SSSR count). The van der Waals surface area contributed by atoms with Gasteiger partial charge < -0.3 is 4.74 Å². The van der Waals surface area contributed by atoms with Crippen LogP contribution in [0.25, 0.3) is 10.9 Å². The van der Waals surface area contributed by atoms with E-state index in [1.165, 1.54) is 4.90 Å². The number of thioether (sulfide) groups is 1. The maximum atomic E-state index is 5.96. The summed E-state index contributed by atoms with van der Waals surface area (Å²) in [5.74, 6) is 1.46. The van der Waals surface area contributed by atoms with Crippen LogP contribution in [0.1, 0.15) is 5.56 Å². The second-order valence-corrected chi connectivity index (χ2v) is 6.00. The number of alkyl halides is 1. The first-order valence-corrected chi connectivity index (χ1v) is 8.91. The van der Waals surface area contributed by atoms with Gasteiger partial charge in [0.25, 0.3) is 0 Å². The largest absolute Gasteiger partial charge is 0.439 e. The molecule has 2 nitrogen and oxygen atoms in total. The molecule has 0 aliphatic carbocycles. The summed E-state index contributed by atoms with van der Waals surface area (Å²) in [6.07, 6.45) is 2.06. The number of benzene rings is 2. The van der Waals surface area contributed by atoms with Crippen LogP contribution < -0.4 is 4.74 Å². The first-order chi connectivity index (χ1) is 10.3. The Balaban J connectivity index is 1.97. The molecule has 0 saturated carbocycles. The van der Waals surface area contributed by atoms with Crippen molar-refractivity contribution in [3.8, 4) is 11.6 Å². The molecule has 21 heavy (non-hydrogen) atoms. The highest BCUT2D eigenvalue weighted by Crippen LogP contribution is 2.29. The van der Waals surface area contributed by atoms with E-state index in [1.54, 1.807) is 11.8 Å². The SMILES string of the molecule is CSc1ccc(Oc2nc3ccccc3cc2CBr)cc1. The summed E-state index contributed by atoms with van der Waals surface area (Å²) in [5, 5.41) is 1.83. The van der Waals surface area contributed by atoms with Crippen LogP contribution in [0.15, 0.2) is 59.5 Å². The van der Waals surface area contributed by atoms with E-state index in [1.807, 2.05) is 30.3 Å². The average molecular weight is 360 g/mol. The van der Waals surface area contributed by atoms with E-state index in [9.17, 15) is 0 Å². The van der Waals surface area contributed by atoms with Crippen molar-refractivity contribution < 1.29 is 4.74 Å². The van der Waals surface area contributed by atoms with Gasteiger partial charge in [0.1, 0.15) is 5.75 Å². The number of hydrogen-bond donors (Lipinski definition) is 0. The average Bonchev–Trinajstić information content (AvgIpc) is 2.55. The second kappa shape index (κ2) is 6.50. The molecule has 0 fully saturated rings. The number of ether oxygens (including phenoxy) is 1. The quantitative estimate of drug-likeness (QED) is 0.444. The molecule has 0 atom stereocenters. The number of fused-ring (bicyclic) bond motifs is 1. The van der Waals surface area contributed by atoms with Gasteiger partial charge in [0.2, 0.25) is 5.88 Å². The minimum absolute atomic E-state index is 0.655. The van der Waals surface area contributed by atoms with Crippen molar-refractivity contribution in [3.05, 3.63) is 60.2 Å². The standard InChI is InChI=1S/C17H14BrNOS/c1-21-15-8-6-14(7-9-15)20-17-13(11-18)10-12-4-2-3-5-16(12)19-17/h2-10H,11H2,1H3. The van der Waals surface area contributed by atoms with Gasteiger partial charge in [0.15, 0.2) is 0 Å². The number of pyridine rings is 1. The maximum absolute atomic E-state index is 5.96. The van der Waals surface area contributed by atoms with Crippen molar-refractivity contribution in [3.63, 3.8) is 0 Å². The predicted octanol–water partition coefficient (Wildman–Crippen LogP) is 5.64. The number of nitrogens with zero attached hydrogens (tertiary/aromatic N) is 1. The topological polar surface area (TPSA) is 22.1 Å². The normalized spacial score (nSPS) is 10.8. The molecule has 0 N–H and O–H groups in total. The van der Waals surface area contributed by atoms with Crippen LogP contribution in [-0.2, 0) is 5.33 Å². The van der Waals surface area contributed by atoms with Gasteiger partial charge in [-0.1, -0.05) is 34.1 Å². The Bertz CT molecular complexity index is 758. The number of aromatic nitrogens is 1. The molecule has 0 bridgehead atoms. The minimum Gasteiger partial charge on any atom is -0.439 e. The maximum Gasteiger partial charge on any atom is 0.223 e. The van der Waals surface area contributed by atoms with Crippen molar-refractivity contribution in [1.29, 1.82) is 0 Å². The van der Waals surface area contributed by atoms with Crippen molar-refractivity contribution in [2.75, 3.05) is 6.26 Å². The Kier molecular flexibility index (Phi) is 4.46. The summed E-state index contributed by atoms with van der Waals surface area (Å²) in [6.45, 7) is 0. The lowest BCUT2D eigenvalue weighted by atomic mass is 10.2. The minimum atomic E-state index is 0.655. The fourth-order valence-electron chi connectivity index (χ4n) is 2.08. The monoisotopic (exact) mass is 359 g/mol. The molecule has 0 unspecified atom stereocenters. The Morgan fingerprint density at radius 1 is 1.10 bits per heavy atom. The highest BCUT2D eigenvalue weighted by Gasteiger charge is 2.08. The third-order valence-electron chi connectivity index (χ3n) is 3.18. The van der Waals surface area contributed by atoms with Crippen LogP contribution in [0.5, 0.6) is 11.6 Å². The third kappa shape index (κ3) is 3.22. The van der Waals surface area contributed by atoms with Crippen LogP contribution in [0, 0.1) is 0 Å². The smallest absolute Gasteiger partial charge is 0.223 e. The van der Waals surface area contributed by atoms with Gasteiger partial charge in [-0.2, -0.15) is 0 Å². The number of para-hydroxylation sites is 1. The zero-order valence-corrected chi connectivity index (χ0v) is 13.9. The van der Waals surface area contributed by atoms with Gasteiger partial charge in [-0.3, -0.25) is 0 Å².